The molecule has 4 heteroatoms. The number of aliphatic hydroxyl groups excluding tert-OH is 1. The van der Waals surface area contributed by atoms with Gasteiger partial charge in [-0.2, -0.15) is 0 Å². The average molecular weight is 240 g/mol. The van der Waals surface area contributed by atoms with Crippen LogP contribution in [0.1, 0.15) is 51.9 Å². The molecule has 0 aromatic heterocycles. The maximum absolute atomic E-state index is 12.3. The minimum atomic E-state index is -0.400. The highest BCUT2D eigenvalue weighted by molar-refractivity contribution is 5.83. The number of aliphatic hydroxyl groups is 1. The molecule has 2 aliphatic carbocycles. The van der Waals surface area contributed by atoms with Gasteiger partial charge in [0.25, 0.3) is 0 Å². The first-order chi connectivity index (χ1) is 8.02. The lowest BCUT2D eigenvalue weighted by atomic mass is 9.83. The zero-order chi connectivity index (χ0) is 12.5. The van der Waals surface area contributed by atoms with Gasteiger partial charge in [0.1, 0.15) is 0 Å². The molecule has 98 valence electrons. The van der Waals surface area contributed by atoms with Crippen LogP contribution in [-0.2, 0) is 4.79 Å². The van der Waals surface area contributed by atoms with Crippen molar-refractivity contribution >= 4 is 5.91 Å². The number of amides is 1. The largest absolute Gasteiger partial charge is 0.393 e. The molecule has 2 fully saturated rings. The van der Waals surface area contributed by atoms with Crippen molar-refractivity contribution in [2.45, 2.75) is 70.1 Å². The lowest BCUT2D eigenvalue weighted by molar-refractivity contribution is -0.131. The summed E-state index contributed by atoms with van der Waals surface area (Å²) >= 11 is 0. The Labute approximate surface area is 103 Å². The second-order valence-corrected chi connectivity index (χ2v) is 5.91. The van der Waals surface area contributed by atoms with Gasteiger partial charge in [-0.15, -0.1) is 0 Å². The maximum Gasteiger partial charge on any atom is 0.227 e. The molecule has 1 amide bonds. The van der Waals surface area contributed by atoms with Crippen molar-refractivity contribution in [1.29, 1.82) is 0 Å². The van der Waals surface area contributed by atoms with Crippen LogP contribution < -0.4 is 11.1 Å². The molecule has 0 radical (unpaired) electrons. The molecule has 4 unspecified atom stereocenters. The Kier molecular flexibility index (Phi) is 3.73. The summed E-state index contributed by atoms with van der Waals surface area (Å²) < 4.78 is 0. The summed E-state index contributed by atoms with van der Waals surface area (Å²) in [6.07, 6.45) is 6.15. The van der Waals surface area contributed by atoms with Gasteiger partial charge in [0.15, 0.2) is 0 Å². The van der Waals surface area contributed by atoms with Gasteiger partial charge in [0, 0.05) is 12.1 Å². The fraction of sp³-hybridized carbons (Fsp3) is 0.923. The molecule has 4 nitrogen and oxygen atoms in total. The summed E-state index contributed by atoms with van der Waals surface area (Å²) in [7, 11) is 0. The van der Waals surface area contributed by atoms with Crippen molar-refractivity contribution in [3.63, 3.8) is 0 Å². The van der Waals surface area contributed by atoms with Gasteiger partial charge in [0.05, 0.1) is 11.5 Å². The van der Waals surface area contributed by atoms with Crippen LogP contribution in [0.15, 0.2) is 0 Å². The molecule has 0 heterocycles. The molecule has 0 saturated heterocycles. The zero-order valence-corrected chi connectivity index (χ0v) is 10.6. The van der Waals surface area contributed by atoms with Crippen LogP contribution in [-0.4, -0.2) is 29.2 Å². The molecule has 2 aliphatic rings. The molecule has 0 spiro atoms. The van der Waals surface area contributed by atoms with E-state index in [4.69, 9.17) is 5.73 Å². The van der Waals surface area contributed by atoms with E-state index in [-0.39, 0.29) is 24.1 Å². The van der Waals surface area contributed by atoms with Gasteiger partial charge in [-0.25, -0.2) is 0 Å². The fourth-order valence-corrected chi connectivity index (χ4v) is 3.12. The molecule has 4 atom stereocenters. The molecular formula is C13H24N2O2. The summed E-state index contributed by atoms with van der Waals surface area (Å²) in [6.45, 7) is 1.97. The standard InChI is InChI=1S/C13H24N2O2/c1-13(7-3-6-11(13)14)12(17)15-9-4-2-5-10(16)8-9/h9-11,16H,2-8,14H2,1H3,(H,15,17). The summed E-state index contributed by atoms with van der Waals surface area (Å²) in [5, 5.41) is 12.7. The van der Waals surface area contributed by atoms with Crippen LogP contribution in [0.5, 0.6) is 0 Å². The van der Waals surface area contributed by atoms with Crippen LogP contribution in [0.25, 0.3) is 0 Å². The molecule has 2 saturated carbocycles. The number of carbonyl (C=O) groups excluding carboxylic acids is 1. The van der Waals surface area contributed by atoms with Crippen molar-refractivity contribution in [3.8, 4) is 0 Å². The molecule has 0 bridgehead atoms. The van der Waals surface area contributed by atoms with Crippen LogP contribution >= 0.6 is 0 Å². The van der Waals surface area contributed by atoms with E-state index in [1.807, 2.05) is 6.92 Å². The van der Waals surface area contributed by atoms with Gasteiger partial charge in [-0.3, -0.25) is 4.79 Å². The average Bonchev–Trinajstić information content (AvgIpc) is 2.60. The minimum Gasteiger partial charge on any atom is -0.393 e. The Morgan fingerprint density at radius 3 is 2.71 bits per heavy atom. The van der Waals surface area contributed by atoms with Crippen molar-refractivity contribution in [2.75, 3.05) is 0 Å². The third kappa shape index (κ3) is 2.63. The molecule has 17 heavy (non-hydrogen) atoms. The van der Waals surface area contributed by atoms with Gasteiger partial charge in [0.2, 0.25) is 5.91 Å². The van der Waals surface area contributed by atoms with E-state index < -0.39 is 5.41 Å². The van der Waals surface area contributed by atoms with E-state index in [0.717, 1.165) is 38.5 Å². The molecule has 4 N–H and O–H groups in total. The first-order valence-corrected chi connectivity index (χ1v) is 6.77. The van der Waals surface area contributed by atoms with E-state index in [1.165, 1.54) is 0 Å². The van der Waals surface area contributed by atoms with Gasteiger partial charge < -0.3 is 16.2 Å². The van der Waals surface area contributed by atoms with Crippen LogP contribution in [0.3, 0.4) is 0 Å². The second-order valence-electron chi connectivity index (χ2n) is 5.91. The normalized spacial score (nSPS) is 42.4. The summed E-state index contributed by atoms with van der Waals surface area (Å²) in [6, 6.07) is 0.117. The molecular weight excluding hydrogens is 216 g/mol. The van der Waals surface area contributed by atoms with E-state index >= 15 is 0 Å². The van der Waals surface area contributed by atoms with Crippen LogP contribution in [0.4, 0.5) is 0 Å². The number of carbonyl (C=O) groups is 1. The van der Waals surface area contributed by atoms with Crippen molar-refractivity contribution in [3.05, 3.63) is 0 Å². The van der Waals surface area contributed by atoms with Gasteiger partial charge >= 0.3 is 0 Å². The first kappa shape index (κ1) is 12.8. The third-order valence-corrected chi connectivity index (χ3v) is 4.53. The third-order valence-electron chi connectivity index (χ3n) is 4.53. The number of hydrogen-bond donors (Lipinski definition) is 3. The van der Waals surface area contributed by atoms with Crippen LogP contribution in [0, 0.1) is 5.41 Å². The van der Waals surface area contributed by atoms with E-state index in [9.17, 15) is 9.90 Å². The predicted molar refractivity (Wildman–Crippen MR) is 66.3 cm³/mol. The monoisotopic (exact) mass is 240 g/mol. The van der Waals surface area contributed by atoms with Crippen molar-refractivity contribution in [1.82, 2.24) is 5.32 Å². The molecule has 0 aliphatic heterocycles. The molecule has 0 aromatic carbocycles. The highest BCUT2D eigenvalue weighted by Crippen LogP contribution is 2.37. The predicted octanol–water partition coefficient (Wildman–Crippen LogP) is 0.924. The Balaban J connectivity index is 1.92. The second kappa shape index (κ2) is 4.94. The lowest BCUT2D eigenvalue weighted by Gasteiger charge is -2.33. The highest BCUT2D eigenvalue weighted by Gasteiger charge is 2.43. The van der Waals surface area contributed by atoms with E-state index in [1.54, 1.807) is 0 Å². The molecule has 2 rings (SSSR count). The van der Waals surface area contributed by atoms with Crippen molar-refractivity contribution < 1.29 is 9.90 Å². The lowest BCUT2D eigenvalue weighted by Crippen LogP contribution is -2.51. The summed E-state index contributed by atoms with van der Waals surface area (Å²) in [5.41, 5.74) is 5.64. The smallest absolute Gasteiger partial charge is 0.227 e. The molecule has 0 aromatic rings. The maximum atomic E-state index is 12.3. The SMILES string of the molecule is CC1(C(=O)NC2CCCC(O)C2)CCCC1N. The number of hydrogen-bond acceptors (Lipinski definition) is 3. The first-order valence-electron chi connectivity index (χ1n) is 6.77. The Morgan fingerprint density at radius 1 is 1.35 bits per heavy atom. The Hall–Kier alpha value is -0.610. The summed E-state index contributed by atoms with van der Waals surface area (Å²) in [4.78, 5) is 12.3. The van der Waals surface area contributed by atoms with Crippen molar-refractivity contribution in [2.24, 2.45) is 11.1 Å². The number of rotatable bonds is 2. The number of nitrogens with one attached hydrogen (secondary N) is 1. The van der Waals surface area contributed by atoms with Gasteiger partial charge in [-0.05, 0) is 45.4 Å². The Bertz CT molecular complexity index is 295. The zero-order valence-electron chi connectivity index (χ0n) is 10.6. The Morgan fingerprint density at radius 2 is 2.12 bits per heavy atom. The highest BCUT2D eigenvalue weighted by atomic mass is 16.3. The van der Waals surface area contributed by atoms with Crippen LogP contribution in [0.2, 0.25) is 0 Å². The van der Waals surface area contributed by atoms with Gasteiger partial charge in [-0.1, -0.05) is 6.42 Å². The number of nitrogens with two attached hydrogens (primary N) is 1. The quantitative estimate of drug-likeness (QED) is 0.672. The minimum absolute atomic E-state index is 0.0176. The summed E-state index contributed by atoms with van der Waals surface area (Å²) in [5.74, 6) is 0.0848. The van der Waals surface area contributed by atoms with E-state index in [2.05, 4.69) is 5.32 Å². The van der Waals surface area contributed by atoms with E-state index in [0.29, 0.717) is 6.42 Å². The fourth-order valence-electron chi connectivity index (χ4n) is 3.12. The topological polar surface area (TPSA) is 75.3 Å².